The van der Waals surface area contributed by atoms with Crippen molar-refractivity contribution in [2.75, 3.05) is 13.2 Å². The number of likely N-dealkylation sites (N-methyl/N-ethyl adjacent to an activating group) is 1. The summed E-state index contributed by atoms with van der Waals surface area (Å²) in [6, 6.07) is 13.1. The van der Waals surface area contributed by atoms with E-state index < -0.39 is 5.97 Å². The maximum Gasteiger partial charge on any atom is 0.339 e. The van der Waals surface area contributed by atoms with Gasteiger partial charge in [0.15, 0.2) is 6.61 Å². The lowest BCUT2D eigenvalue weighted by Gasteiger charge is -2.21. The molecule has 0 spiro atoms. The fraction of sp³-hybridized carbons (Fsp3) is 0.222. The third-order valence-corrected chi connectivity index (χ3v) is 4.36. The van der Waals surface area contributed by atoms with Crippen molar-refractivity contribution in [2.45, 2.75) is 13.5 Å². The smallest absolute Gasteiger partial charge is 0.339 e. The lowest BCUT2D eigenvalue weighted by molar-refractivity contribution is -0.134. The van der Waals surface area contributed by atoms with Crippen LogP contribution in [0.4, 0.5) is 4.39 Å². The maximum absolute atomic E-state index is 13.2. The number of esters is 1. The number of halogens is 2. The topological polar surface area (TPSA) is 46.6 Å². The first-order valence-electron chi connectivity index (χ1n) is 7.45. The molecule has 4 nitrogen and oxygen atoms in total. The van der Waals surface area contributed by atoms with Crippen LogP contribution in [0.15, 0.2) is 48.5 Å². The Balaban J connectivity index is 1.95. The molecule has 0 N–H and O–H groups in total. The molecule has 2 rings (SSSR count). The Morgan fingerprint density at radius 2 is 1.92 bits per heavy atom. The third kappa shape index (κ3) is 5.02. The predicted octanol–water partition coefficient (Wildman–Crippen LogP) is 3.64. The Morgan fingerprint density at radius 1 is 1.17 bits per heavy atom. The van der Waals surface area contributed by atoms with Gasteiger partial charge in [-0.1, -0.05) is 24.3 Å². The van der Waals surface area contributed by atoms with Crippen LogP contribution >= 0.6 is 22.6 Å². The quantitative estimate of drug-likeness (QED) is 0.508. The Morgan fingerprint density at radius 3 is 2.58 bits per heavy atom. The van der Waals surface area contributed by atoms with Gasteiger partial charge in [-0.15, -0.1) is 0 Å². The van der Waals surface area contributed by atoms with Crippen LogP contribution in [0.3, 0.4) is 0 Å². The number of hydrogen-bond acceptors (Lipinski definition) is 3. The second-order valence-corrected chi connectivity index (χ2v) is 6.26. The fourth-order valence-corrected chi connectivity index (χ4v) is 2.76. The Labute approximate surface area is 153 Å². The molecule has 1 amide bonds. The van der Waals surface area contributed by atoms with Crippen molar-refractivity contribution in [1.29, 1.82) is 0 Å². The van der Waals surface area contributed by atoms with Gasteiger partial charge in [-0.05, 0) is 59.3 Å². The molecule has 2 aromatic rings. The predicted molar refractivity (Wildman–Crippen MR) is 96.9 cm³/mol. The summed E-state index contributed by atoms with van der Waals surface area (Å²) in [7, 11) is 0. The molecule has 126 valence electrons. The van der Waals surface area contributed by atoms with Gasteiger partial charge in [0, 0.05) is 16.7 Å². The minimum atomic E-state index is -0.532. The van der Waals surface area contributed by atoms with E-state index in [1.54, 1.807) is 30.3 Å². The van der Waals surface area contributed by atoms with Crippen molar-refractivity contribution >= 4 is 34.5 Å². The molecule has 2 aromatic carbocycles. The lowest BCUT2D eigenvalue weighted by atomic mass is 10.2. The van der Waals surface area contributed by atoms with E-state index in [-0.39, 0.29) is 24.9 Å². The van der Waals surface area contributed by atoms with E-state index in [1.165, 1.54) is 17.0 Å². The molecule has 6 heteroatoms. The number of benzene rings is 2. The van der Waals surface area contributed by atoms with Gasteiger partial charge in [0.2, 0.25) is 0 Å². The van der Waals surface area contributed by atoms with Crippen molar-refractivity contribution < 1.29 is 18.7 Å². The lowest BCUT2D eigenvalue weighted by Crippen LogP contribution is -2.34. The average molecular weight is 441 g/mol. The van der Waals surface area contributed by atoms with Crippen LogP contribution in [0.5, 0.6) is 0 Å². The molecule has 24 heavy (non-hydrogen) atoms. The van der Waals surface area contributed by atoms with Crippen molar-refractivity contribution in [3.8, 4) is 0 Å². The zero-order chi connectivity index (χ0) is 17.5. The Bertz CT molecular complexity index is 736. The largest absolute Gasteiger partial charge is 0.452 e. The number of ether oxygens (including phenoxy) is 1. The van der Waals surface area contributed by atoms with Gasteiger partial charge in [0.1, 0.15) is 5.82 Å². The summed E-state index contributed by atoms with van der Waals surface area (Å²) in [5.74, 6) is -1.20. The summed E-state index contributed by atoms with van der Waals surface area (Å²) in [6.45, 7) is 2.19. The molecule has 0 unspecified atom stereocenters. The number of nitrogens with zero attached hydrogens (tertiary/aromatic N) is 1. The van der Waals surface area contributed by atoms with Crippen LogP contribution in [0.1, 0.15) is 22.8 Å². The first kappa shape index (κ1) is 18.4. The molecule has 0 fully saturated rings. The number of hydrogen-bond donors (Lipinski definition) is 0. The van der Waals surface area contributed by atoms with Gasteiger partial charge in [-0.2, -0.15) is 0 Å². The first-order chi connectivity index (χ1) is 11.5. The maximum atomic E-state index is 13.2. The van der Waals surface area contributed by atoms with Crippen molar-refractivity contribution in [3.05, 3.63) is 69.0 Å². The molecular weight excluding hydrogens is 424 g/mol. The number of rotatable bonds is 6. The highest BCUT2D eigenvalue weighted by molar-refractivity contribution is 14.1. The Hall–Kier alpha value is -1.96. The van der Waals surface area contributed by atoms with E-state index in [4.69, 9.17) is 4.74 Å². The molecule has 0 bridgehead atoms. The van der Waals surface area contributed by atoms with E-state index in [2.05, 4.69) is 0 Å². The van der Waals surface area contributed by atoms with Crippen LogP contribution in [0.2, 0.25) is 0 Å². The molecular formula is C18H17FINO3. The number of carbonyl (C=O) groups excluding carboxylic acids is 2. The van der Waals surface area contributed by atoms with Gasteiger partial charge in [-0.25, -0.2) is 9.18 Å². The molecule has 0 radical (unpaired) electrons. The van der Waals surface area contributed by atoms with E-state index >= 15 is 0 Å². The molecule has 0 aliphatic heterocycles. The second-order valence-electron chi connectivity index (χ2n) is 5.09. The summed E-state index contributed by atoms with van der Waals surface area (Å²) >= 11 is 2.04. The van der Waals surface area contributed by atoms with Crippen LogP contribution in [0, 0.1) is 9.39 Å². The zero-order valence-corrected chi connectivity index (χ0v) is 15.3. The molecule has 0 aromatic heterocycles. The van der Waals surface area contributed by atoms with Crippen LogP contribution in [-0.2, 0) is 16.1 Å². The van der Waals surface area contributed by atoms with Crippen molar-refractivity contribution in [2.24, 2.45) is 0 Å². The highest BCUT2D eigenvalue weighted by Gasteiger charge is 2.17. The van der Waals surface area contributed by atoms with E-state index in [9.17, 15) is 14.0 Å². The van der Waals surface area contributed by atoms with Gasteiger partial charge >= 0.3 is 5.97 Å². The molecule has 0 atom stereocenters. The summed E-state index contributed by atoms with van der Waals surface area (Å²) in [5, 5.41) is 0. The summed E-state index contributed by atoms with van der Waals surface area (Å²) < 4.78 is 19.1. The van der Waals surface area contributed by atoms with E-state index in [0.29, 0.717) is 17.7 Å². The first-order valence-corrected chi connectivity index (χ1v) is 8.53. The van der Waals surface area contributed by atoms with E-state index in [0.717, 1.165) is 3.57 Å². The molecule has 0 aliphatic carbocycles. The van der Waals surface area contributed by atoms with Crippen LogP contribution in [0.25, 0.3) is 0 Å². The SMILES string of the molecule is CCN(Cc1cccc(F)c1)C(=O)COC(=O)c1ccccc1I. The average Bonchev–Trinajstić information content (AvgIpc) is 2.57. The molecule has 0 heterocycles. The number of amides is 1. The normalized spacial score (nSPS) is 10.3. The zero-order valence-electron chi connectivity index (χ0n) is 13.2. The van der Waals surface area contributed by atoms with Gasteiger partial charge in [0.25, 0.3) is 5.91 Å². The van der Waals surface area contributed by atoms with E-state index in [1.807, 2.05) is 35.6 Å². The minimum absolute atomic E-state index is 0.271. The Kier molecular flexibility index (Phi) is 6.72. The summed E-state index contributed by atoms with van der Waals surface area (Å²) in [6.07, 6.45) is 0. The summed E-state index contributed by atoms with van der Waals surface area (Å²) in [5.41, 5.74) is 1.12. The minimum Gasteiger partial charge on any atom is -0.452 e. The monoisotopic (exact) mass is 441 g/mol. The van der Waals surface area contributed by atoms with Gasteiger partial charge in [-0.3, -0.25) is 4.79 Å². The molecule has 0 aliphatic rings. The third-order valence-electron chi connectivity index (χ3n) is 3.42. The standard InChI is InChI=1S/C18H17FINO3/c1-2-21(11-13-6-5-7-14(19)10-13)17(22)12-24-18(23)15-8-3-4-9-16(15)20/h3-10H,2,11-12H2,1H3. The van der Waals surface area contributed by atoms with Crippen LogP contribution in [-0.4, -0.2) is 29.9 Å². The summed E-state index contributed by atoms with van der Waals surface area (Å²) in [4.78, 5) is 25.8. The molecule has 0 saturated heterocycles. The highest BCUT2D eigenvalue weighted by Crippen LogP contribution is 2.13. The molecule has 0 saturated carbocycles. The van der Waals surface area contributed by atoms with Crippen LogP contribution < -0.4 is 0 Å². The fourth-order valence-electron chi connectivity index (χ4n) is 2.16. The number of carbonyl (C=O) groups is 2. The van der Waals surface area contributed by atoms with Crippen molar-refractivity contribution in [1.82, 2.24) is 4.90 Å². The second kappa shape index (κ2) is 8.77. The van der Waals surface area contributed by atoms with Gasteiger partial charge < -0.3 is 9.64 Å². The van der Waals surface area contributed by atoms with Gasteiger partial charge in [0.05, 0.1) is 5.56 Å². The van der Waals surface area contributed by atoms with Crippen molar-refractivity contribution in [3.63, 3.8) is 0 Å². The highest BCUT2D eigenvalue weighted by atomic mass is 127.